The van der Waals surface area contributed by atoms with Gasteiger partial charge in [0.05, 0.1) is 40.9 Å². The SMILES string of the molecule is CC(C(=O)N(C)c1ccc2cc(-c3n[nH]c4c3CCC(C)(C)C4)[nH]c2c1)C1CCCCC1.CC(C(=O)N(C)c1ccc2cc(-c3n[nH]c4c3CCC(C)(C)C4)[nH]c2c1)N1CCCCC1.CC1CCN(C(C)C(=O)N(C)c2ccc3cc(-c4n[nH]c5c4CCC(C)(C)C5)[nH]c3c2)CC1.C[C@@H](C(=O)N(C)c1ccc2cc(-c3n[nH]c4c3CCC(C)(C)C4)[nH]c2c1)N1CCCCC1. The Morgan fingerprint density at radius 1 is 0.341 bits per heavy atom. The Morgan fingerprint density at radius 3 is 0.876 bits per heavy atom. The maximum absolute atomic E-state index is 13.2. The second kappa shape index (κ2) is 37.1. The van der Waals surface area contributed by atoms with Crippen molar-refractivity contribution >= 4 is 90.0 Å². The van der Waals surface area contributed by atoms with Crippen LogP contribution in [0.4, 0.5) is 22.7 Å². The first-order chi connectivity index (χ1) is 61.7. The van der Waals surface area contributed by atoms with Gasteiger partial charge in [-0.25, -0.2) is 0 Å². The Labute approximate surface area is 763 Å². The molecule has 8 aliphatic rings. The first kappa shape index (κ1) is 90.6. The van der Waals surface area contributed by atoms with Gasteiger partial charge in [0.1, 0.15) is 22.8 Å². The van der Waals surface area contributed by atoms with Crippen LogP contribution in [0.2, 0.25) is 0 Å². The van der Waals surface area contributed by atoms with Crippen molar-refractivity contribution in [3.63, 3.8) is 0 Å². The lowest BCUT2D eigenvalue weighted by atomic mass is 9.76. The maximum atomic E-state index is 13.2. The molecule has 4 atom stereocenters. The number of nitrogens with one attached hydrogen (secondary N) is 8. The number of rotatable bonds is 16. The molecule has 23 nitrogen and oxygen atoms in total. The number of carbonyl (C=O) groups excluding carboxylic acids is 4. The number of benzene rings is 4. The molecule has 11 heterocycles. The number of carbonyl (C=O) groups is 4. The topological polar surface area (TPSA) is 269 Å². The molecule has 20 rings (SSSR count). The van der Waals surface area contributed by atoms with Gasteiger partial charge >= 0.3 is 0 Å². The van der Waals surface area contributed by atoms with Crippen LogP contribution in [0.3, 0.4) is 0 Å². The summed E-state index contributed by atoms with van der Waals surface area (Å²) in [5, 5.41) is 36.4. The number of likely N-dealkylation sites (N-methyl/N-ethyl adjacent to an activating group) is 3. The van der Waals surface area contributed by atoms with Gasteiger partial charge in [0.15, 0.2) is 0 Å². The molecule has 0 spiro atoms. The van der Waals surface area contributed by atoms with Crippen molar-refractivity contribution in [2.75, 3.05) is 87.1 Å². The van der Waals surface area contributed by atoms with Gasteiger partial charge in [-0.1, -0.05) is 126 Å². The van der Waals surface area contributed by atoms with E-state index >= 15 is 0 Å². The van der Waals surface area contributed by atoms with E-state index in [4.69, 9.17) is 0 Å². The molecule has 0 bridgehead atoms. The van der Waals surface area contributed by atoms with Crippen LogP contribution in [-0.4, -0.2) is 185 Å². The molecule has 8 N–H and O–H groups in total. The van der Waals surface area contributed by atoms with Gasteiger partial charge in [0, 0.05) is 145 Å². The first-order valence-electron chi connectivity index (χ1n) is 48.8. The third kappa shape index (κ3) is 19.6. The minimum Gasteiger partial charge on any atom is -0.353 e. The zero-order chi connectivity index (χ0) is 90.7. The highest BCUT2D eigenvalue weighted by atomic mass is 16.2. The fourth-order valence-electron chi connectivity index (χ4n) is 22.1. The van der Waals surface area contributed by atoms with E-state index in [0.717, 1.165) is 208 Å². The van der Waals surface area contributed by atoms with Crippen LogP contribution < -0.4 is 19.6 Å². The van der Waals surface area contributed by atoms with Crippen LogP contribution >= 0.6 is 0 Å². The van der Waals surface area contributed by atoms with E-state index in [1.807, 2.05) is 72.1 Å². The molecule has 4 amide bonds. The molecular formula is C106H143N19O4. The Morgan fingerprint density at radius 2 is 0.597 bits per heavy atom. The quantitative estimate of drug-likeness (QED) is 0.0451. The van der Waals surface area contributed by atoms with Crippen LogP contribution in [0.1, 0.15) is 244 Å². The van der Waals surface area contributed by atoms with Crippen molar-refractivity contribution in [3.8, 4) is 45.6 Å². The lowest BCUT2D eigenvalue weighted by Crippen LogP contribution is -2.48. The van der Waals surface area contributed by atoms with Gasteiger partial charge in [-0.05, 0) is 295 Å². The third-order valence-electron chi connectivity index (χ3n) is 31.0. The van der Waals surface area contributed by atoms with E-state index in [9.17, 15) is 19.2 Å². The van der Waals surface area contributed by atoms with E-state index in [-0.39, 0.29) is 47.7 Å². The largest absolute Gasteiger partial charge is 0.353 e. The number of anilines is 4. The highest BCUT2D eigenvalue weighted by Gasteiger charge is 2.38. The lowest BCUT2D eigenvalue weighted by Gasteiger charge is -2.35. The summed E-state index contributed by atoms with van der Waals surface area (Å²) in [7, 11) is 7.58. The molecule has 129 heavy (non-hydrogen) atoms. The average Bonchev–Trinajstić information content (AvgIpc) is 1.66. The molecule has 3 aliphatic heterocycles. The van der Waals surface area contributed by atoms with Gasteiger partial charge < -0.3 is 39.5 Å². The van der Waals surface area contributed by atoms with Crippen molar-refractivity contribution in [1.82, 2.24) is 75.4 Å². The molecule has 4 aromatic carbocycles. The Balaban J connectivity index is 0.000000121. The number of aromatic amines is 8. The Hall–Kier alpha value is -10.4. The highest BCUT2D eigenvalue weighted by molar-refractivity contribution is 6.02. The normalized spacial score (nSPS) is 19.7. The molecule has 3 saturated heterocycles. The van der Waals surface area contributed by atoms with E-state index in [1.54, 1.807) is 14.7 Å². The van der Waals surface area contributed by atoms with E-state index in [0.29, 0.717) is 27.6 Å². The number of hydrogen-bond acceptors (Lipinski definition) is 11. The van der Waals surface area contributed by atoms with E-state index in [1.165, 1.54) is 154 Å². The van der Waals surface area contributed by atoms with Gasteiger partial charge in [-0.15, -0.1) is 0 Å². The van der Waals surface area contributed by atoms with Crippen LogP contribution in [0.5, 0.6) is 0 Å². The Bertz CT molecular complexity index is 5590. The van der Waals surface area contributed by atoms with Crippen molar-refractivity contribution in [2.24, 2.45) is 39.4 Å². The number of hydrogen-bond donors (Lipinski definition) is 8. The third-order valence-corrected chi connectivity index (χ3v) is 31.0. The second-order valence-electron chi connectivity index (χ2n) is 43.0. The summed E-state index contributed by atoms with van der Waals surface area (Å²) >= 11 is 0. The fourth-order valence-corrected chi connectivity index (χ4v) is 22.1. The second-order valence-corrected chi connectivity index (χ2v) is 43.0. The molecule has 1 saturated carbocycles. The fraction of sp³-hybridized carbons (Fsp3) is 0.547. The van der Waals surface area contributed by atoms with Crippen LogP contribution in [0, 0.1) is 39.4 Å². The van der Waals surface area contributed by atoms with Gasteiger partial charge in [-0.3, -0.25) is 54.3 Å². The molecule has 0 radical (unpaired) electrons. The summed E-state index contributed by atoms with van der Waals surface area (Å²) in [6.45, 7) is 35.2. The lowest BCUT2D eigenvalue weighted by molar-refractivity contribution is -0.124. The molecular weight excluding hydrogens is 1600 g/mol. The van der Waals surface area contributed by atoms with Crippen molar-refractivity contribution in [3.05, 3.63) is 142 Å². The highest BCUT2D eigenvalue weighted by Crippen LogP contribution is 2.45. The number of amides is 4. The monoisotopic (exact) mass is 1750 g/mol. The number of likely N-dealkylation sites (tertiary alicyclic amines) is 3. The van der Waals surface area contributed by atoms with Crippen LogP contribution in [-0.2, 0) is 70.5 Å². The minimum atomic E-state index is -0.0998. The summed E-state index contributed by atoms with van der Waals surface area (Å²) in [6, 6.07) is 33.4. The Kier molecular flexibility index (Phi) is 26.1. The smallest absolute Gasteiger partial charge is 0.243 e. The predicted octanol–water partition coefficient (Wildman–Crippen LogP) is 21.2. The summed E-state index contributed by atoms with van der Waals surface area (Å²) in [5.41, 5.74) is 28.0. The molecule has 12 aromatic rings. The summed E-state index contributed by atoms with van der Waals surface area (Å²) in [4.78, 5) is 81.2. The maximum Gasteiger partial charge on any atom is 0.243 e. The van der Waals surface area contributed by atoms with E-state index < -0.39 is 0 Å². The first-order valence-corrected chi connectivity index (χ1v) is 48.8. The number of nitrogens with zero attached hydrogens (tertiary/aromatic N) is 11. The molecule has 3 unspecified atom stereocenters. The summed E-state index contributed by atoms with van der Waals surface area (Å²) in [6.07, 6.45) is 29.0. The van der Waals surface area contributed by atoms with E-state index in [2.05, 4.69) is 224 Å². The average molecular weight is 1750 g/mol. The number of piperidine rings is 3. The number of aromatic nitrogens is 12. The predicted molar refractivity (Wildman–Crippen MR) is 525 cm³/mol. The zero-order valence-electron chi connectivity index (χ0n) is 80.2. The van der Waals surface area contributed by atoms with Crippen molar-refractivity contribution in [2.45, 2.75) is 269 Å². The number of fused-ring (bicyclic) bond motifs is 8. The summed E-state index contributed by atoms with van der Waals surface area (Å²) < 4.78 is 0. The molecule has 5 aliphatic carbocycles. The molecule has 8 aromatic heterocycles. The van der Waals surface area contributed by atoms with Crippen LogP contribution in [0.15, 0.2) is 97.1 Å². The molecule has 23 heteroatoms. The van der Waals surface area contributed by atoms with Gasteiger partial charge in [0.25, 0.3) is 0 Å². The van der Waals surface area contributed by atoms with Crippen molar-refractivity contribution < 1.29 is 19.2 Å². The molecule has 4 fully saturated rings. The van der Waals surface area contributed by atoms with Gasteiger partial charge in [-0.2, -0.15) is 20.4 Å². The zero-order valence-corrected chi connectivity index (χ0v) is 80.2. The summed E-state index contributed by atoms with van der Waals surface area (Å²) in [5.74, 6) is 2.05. The standard InChI is InChI=1S/C27H37N5O.C27H36N4O.2C26H35N5O/c1-17-9-12-32(13-10-17)18(2)26(33)31(5)20-7-6-19-14-23(28-22(19)15-20)25-21-8-11-27(3,4)16-24(21)29-30-25;1-17(18-8-6-5-7-9-18)26(32)31(4)20-11-10-19-14-23(28-22(19)15-20)25-21-12-13-27(2,3)16-24(21)29-30-25;2*1-17(31-12-6-5-7-13-31)25(32)30(4)19-9-8-18-14-22(27-21(18)15-19)24-20-10-11-26(2,3)16-23(20)28-29-24/h6-7,14-15,17-18,28H,8-13,16H2,1-5H3,(H,29,30);10-11,14-15,17-18,28H,5-9,12-13,16H2,1-4H3,(H,29,30);2*8-9,14-15,17,27H,5-7,10-13,16H2,1-4H3,(H,28,29)/t;;17-;/m..0./s1. The van der Waals surface area contributed by atoms with Gasteiger partial charge in [0.2, 0.25) is 23.6 Å². The minimum absolute atomic E-state index is 0.0787. The van der Waals surface area contributed by atoms with Crippen molar-refractivity contribution in [1.29, 1.82) is 0 Å². The number of H-pyrrole nitrogens is 8. The van der Waals surface area contributed by atoms with Crippen LogP contribution in [0.25, 0.3) is 89.2 Å². The molecule has 686 valence electrons.